The first kappa shape index (κ1) is 19.3. The van der Waals surface area contributed by atoms with Crippen LogP contribution in [0.5, 0.6) is 5.75 Å². The Hall–Kier alpha value is -1.44. The van der Waals surface area contributed by atoms with Crippen molar-refractivity contribution in [2.45, 2.75) is 50.8 Å². The lowest BCUT2D eigenvalue weighted by molar-refractivity contribution is 0.0129. The van der Waals surface area contributed by atoms with Gasteiger partial charge in [0.05, 0.1) is 0 Å². The van der Waals surface area contributed by atoms with E-state index in [0.29, 0.717) is 23.4 Å². The summed E-state index contributed by atoms with van der Waals surface area (Å²) < 4.78 is 21.0. The molecule has 1 aromatic heterocycles. The molecule has 1 N–H and O–H groups in total. The molecule has 26 heavy (non-hydrogen) atoms. The van der Waals surface area contributed by atoms with Gasteiger partial charge in [-0.1, -0.05) is 37.3 Å². The molecule has 2 aliphatic rings. The molecule has 8 heteroatoms. The Kier molecular flexibility index (Phi) is 6.00. The molecule has 0 saturated carbocycles. The van der Waals surface area contributed by atoms with Crippen LogP contribution in [0.25, 0.3) is 5.57 Å². The van der Waals surface area contributed by atoms with Crippen molar-refractivity contribution in [3.05, 3.63) is 36.1 Å². The molecule has 0 spiro atoms. The number of aromatic nitrogens is 2. The number of fused-ring (bicyclic) bond motifs is 2. The summed E-state index contributed by atoms with van der Waals surface area (Å²) in [7, 11) is -0.653. The fourth-order valence-corrected chi connectivity index (χ4v) is 4.45. The smallest absolute Gasteiger partial charge is 0.376 e. The van der Waals surface area contributed by atoms with Gasteiger partial charge in [-0.25, -0.2) is 4.39 Å². The van der Waals surface area contributed by atoms with Gasteiger partial charge in [0.15, 0.2) is 10.9 Å². The molecule has 140 valence electrons. The summed E-state index contributed by atoms with van der Waals surface area (Å²) >= 11 is 5.93. The number of ether oxygens (including phenoxy) is 1. The van der Waals surface area contributed by atoms with E-state index in [1.165, 1.54) is 0 Å². The topological polar surface area (TPSA) is 58.5 Å². The summed E-state index contributed by atoms with van der Waals surface area (Å²) in [5.41, 5.74) is 1.01. The van der Waals surface area contributed by atoms with Crippen molar-refractivity contribution >= 4 is 24.2 Å². The molecule has 2 bridgehead atoms. The van der Waals surface area contributed by atoms with Crippen molar-refractivity contribution in [3.8, 4) is 5.75 Å². The van der Waals surface area contributed by atoms with Crippen molar-refractivity contribution in [1.29, 1.82) is 0 Å². The number of rotatable bonds is 6. The van der Waals surface area contributed by atoms with E-state index in [2.05, 4.69) is 23.4 Å². The van der Waals surface area contributed by atoms with Crippen molar-refractivity contribution < 1.29 is 14.2 Å². The van der Waals surface area contributed by atoms with Crippen LogP contribution in [0.1, 0.15) is 31.4 Å². The summed E-state index contributed by atoms with van der Waals surface area (Å²) in [6, 6.07) is 1.40. The minimum Gasteiger partial charge on any atom is -0.487 e. The second kappa shape index (κ2) is 8.07. The molecule has 0 amide bonds. The first-order chi connectivity index (χ1) is 12.4. The van der Waals surface area contributed by atoms with Crippen LogP contribution in [0.3, 0.4) is 0 Å². The second-order valence-electron chi connectivity index (χ2n) is 7.02. The van der Waals surface area contributed by atoms with Gasteiger partial charge < -0.3 is 14.6 Å². The molecule has 3 heterocycles. The Bertz CT molecular complexity index is 690. The van der Waals surface area contributed by atoms with Crippen LogP contribution in [-0.4, -0.2) is 51.9 Å². The highest BCUT2D eigenvalue weighted by atomic mass is 35.5. The molecule has 0 aliphatic carbocycles. The van der Waals surface area contributed by atoms with E-state index >= 15 is 4.39 Å². The highest BCUT2D eigenvalue weighted by Gasteiger charge is 2.48. The van der Waals surface area contributed by atoms with E-state index in [9.17, 15) is 5.02 Å². The zero-order valence-corrected chi connectivity index (χ0v) is 15.7. The molecular formula is C18H24BClFN3O2. The molecule has 3 rings (SSSR count). The number of hydrogen-bond donors (Lipinski definition) is 1. The number of hydrogen-bond acceptors (Lipinski definition) is 5. The van der Waals surface area contributed by atoms with E-state index in [-0.39, 0.29) is 29.8 Å². The van der Waals surface area contributed by atoms with Gasteiger partial charge in [0.25, 0.3) is 0 Å². The van der Waals surface area contributed by atoms with Gasteiger partial charge in [-0.05, 0) is 31.7 Å². The van der Waals surface area contributed by atoms with E-state index < -0.39 is 13.2 Å². The van der Waals surface area contributed by atoms with Crippen LogP contribution in [0, 0.1) is 5.92 Å². The van der Waals surface area contributed by atoms with Gasteiger partial charge in [-0.15, -0.1) is 10.2 Å². The van der Waals surface area contributed by atoms with Crippen LogP contribution in [0.2, 0.25) is 12.0 Å². The average Bonchev–Trinajstić information content (AvgIpc) is 2.62. The maximum Gasteiger partial charge on any atom is 0.376 e. The number of nitrogens with zero attached hydrogens (tertiary/aromatic N) is 3. The van der Waals surface area contributed by atoms with Crippen molar-refractivity contribution in [2.75, 3.05) is 6.61 Å². The second-order valence-corrected chi connectivity index (χ2v) is 7.41. The largest absolute Gasteiger partial charge is 0.487 e. The zero-order chi connectivity index (χ0) is 18.8. The van der Waals surface area contributed by atoms with E-state index in [1.807, 2.05) is 4.81 Å². The lowest BCUT2D eigenvalue weighted by Crippen LogP contribution is -2.62. The Morgan fingerprint density at radius 3 is 3.00 bits per heavy atom. The fraction of sp³-hybridized carbons (Fsp3) is 0.556. The van der Waals surface area contributed by atoms with Crippen molar-refractivity contribution in [2.24, 2.45) is 5.92 Å². The summed E-state index contributed by atoms with van der Waals surface area (Å²) in [5.74, 6) is 0.0482. The third kappa shape index (κ3) is 3.66. The summed E-state index contributed by atoms with van der Waals surface area (Å²) in [6.45, 7) is 9.75. The summed E-state index contributed by atoms with van der Waals surface area (Å²) in [6.07, 6.45) is 3.74. The standard InChI is InChI=1S/C18H24BClFN3O2/c1-4-8-26-15-10-16(20)22-23-18(15)11(2)13-9-12-6-5-7-14(17(13)21)24(12)19(3)25/h4,10,12-14,17,25H,1-2,5-9H2,3H3/t12?,13-,14?,17+/m0/s1. The van der Waals surface area contributed by atoms with E-state index in [0.717, 1.165) is 19.3 Å². The molecule has 1 aromatic rings. The van der Waals surface area contributed by atoms with E-state index in [4.69, 9.17) is 16.3 Å². The Labute approximate surface area is 159 Å². The quantitative estimate of drug-likeness (QED) is 0.606. The highest BCUT2D eigenvalue weighted by Crippen LogP contribution is 2.44. The van der Waals surface area contributed by atoms with Gasteiger partial charge in [0, 0.05) is 24.1 Å². The van der Waals surface area contributed by atoms with Crippen LogP contribution in [-0.2, 0) is 0 Å². The normalized spacial score (nSPS) is 28.5. The number of allylic oxidation sites excluding steroid dienone is 1. The van der Waals surface area contributed by atoms with Crippen LogP contribution >= 0.6 is 11.6 Å². The Morgan fingerprint density at radius 1 is 1.54 bits per heavy atom. The molecule has 2 saturated heterocycles. The first-order valence-electron chi connectivity index (χ1n) is 8.99. The first-order valence-corrected chi connectivity index (χ1v) is 9.37. The SMILES string of the molecule is C=CCOc1cc(Cl)nnc1C(=C)[C@@H]1CC2CCCC([C@@H]1F)N2B(C)O. The van der Waals surface area contributed by atoms with Gasteiger partial charge in [-0.3, -0.25) is 0 Å². The van der Waals surface area contributed by atoms with Gasteiger partial charge in [0.2, 0.25) is 0 Å². The van der Waals surface area contributed by atoms with Gasteiger partial charge in [0.1, 0.15) is 18.5 Å². The predicted molar refractivity (Wildman–Crippen MR) is 102 cm³/mol. The van der Waals surface area contributed by atoms with Crippen LogP contribution < -0.4 is 4.74 Å². The lowest BCUT2D eigenvalue weighted by atomic mass is 9.67. The van der Waals surface area contributed by atoms with Gasteiger partial charge in [-0.2, -0.15) is 0 Å². The minimum atomic E-state index is -1.13. The predicted octanol–water partition coefficient (Wildman–Crippen LogP) is 3.40. The third-order valence-corrected chi connectivity index (χ3v) is 5.57. The summed E-state index contributed by atoms with van der Waals surface area (Å²) in [5, 5.41) is 18.3. The molecule has 2 aliphatic heterocycles. The average molecular weight is 380 g/mol. The highest BCUT2D eigenvalue weighted by molar-refractivity contribution is 6.45. The zero-order valence-electron chi connectivity index (χ0n) is 14.9. The number of halogens is 2. The number of alkyl halides is 1. The Morgan fingerprint density at radius 2 is 2.31 bits per heavy atom. The molecule has 4 atom stereocenters. The maximum absolute atomic E-state index is 15.4. The van der Waals surface area contributed by atoms with E-state index in [1.54, 1.807) is 19.0 Å². The molecule has 2 fully saturated rings. The summed E-state index contributed by atoms with van der Waals surface area (Å²) in [4.78, 5) is 1.92. The maximum atomic E-state index is 15.4. The molecule has 0 radical (unpaired) electrons. The monoisotopic (exact) mass is 379 g/mol. The van der Waals surface area contributed by atoms with Crippen LogP contribution in [0.4, 0.5) is 4.39 Å². The molecular weight excluding hydrogens is 355 g/mol. The Balaban J connectivity index is 1.88. The van der Waals surface area contributed by atoms with Gasteiger partial charge >= 0.3 is 7.05 Å². The lowest BCUT2D eigenvalue weighted by Gasteiger charge is -2.51. The minimum absolute atomic E-state index is 0.139. The number of piperidine rings is 2. The van der Waals surface area contributed by atoms with Crippen molar-refractivity contribution in [3.63, 3.8) is 0 Å². The molecule has 0 aromatic carbocycles. The fourth-order valence-electron chi connectivity index (χ4n) is 4.31. The van der Waals surface area contributed by atoms with Crippen molar-refractivity contribution in [1.82, 2.24) is 15.0 Å². The van der Waals surface area contributed by atoms with Crippen LogP contribution in [0.15, 0.2) is 25.3 Å². The molecule has 5 nitrogen and oxygen atoms in total. The third-order valence-electron chi connectivity index (χ3n) is 5.39. The molecule has 2 unspecified atom stereocenters.